The Bertz CT molecular complexity index is 638. The molecule has 6 nitrogen and oxygen atoms in total. The summed E-state index contributed by atoms with van der Waals surface area (Å²) in [7, 11) is 0. The zero-order valence-corrected chi connectivity index (χ0v) is 9.50. The number of rotatable bonds is 3. The number of terminal acetylenes is 1. The average molecular weight is 241 g/mol. The molecule has 1 heterocycles. The van der Waals surface area contributed by atoms with Crippen LogP contribution in [0.15, 0.2) is 24.3 Å². The Morgan fingerprint density at radius 3 is 2.78 bits per heavy atom. The van der Waals surface area contributed by atoms with Gasteiger partial charge in [0.1, 0.15) is 0 Å². The van der Waals surface area contributed by atoms with Gasteiger partial charge in [-0.3, -0.25) is 4.79 Å². The van der Waals surface area contributed by atoms with Crippen LogP contribution in [0.1, 0.15) is 21.6 Å². The number of benzene rings is 1. The van der Waals surface area contributed by atoms with Crippen molar-refractivity contribution in [2.75, 3.05) is 5.73 Å². The van der Waals surface area contributed by atoms with Crippen molar-refractivity contribution in [3.8, 4) is 12.3 Å². The Morgan fingerprint density at radius 1 is 1.44 bits per heavy atom. The Labute approximate surface area is 104 Å². The van der Waals surface area contributed by atoms with E-state index >= 15 is 0 Å². The fourth-order valence-electron chi connectivity index (χ4n) is 1.57. The molecule has 2 rings (SSSR count). The van der Waals surface area contributed by atoms with E-state index in [1.165, 1.54) is 4.68 Å². The predicted octanol–water partition coefficient (Wildman–Crippen LogP) is -0.0112. The van der Waals surface area contributed by atoms with E-state index in [-0.39, 0.29) is 11.5 Å². The number of aromatic nitrogens is 3. The number of hydrogen-bond acceptors (Lipinski definition) is 4. The summed E-state index contributed by atoms with van der Waals surface area (Å²) >= 11 is 0. The highest BCUT2D eigenvalue weighted by molar-refractivity contribution is 5.94. The van der Waals surface area contributed by atoms with Gasteiger partial charge in [0, 0.05) is 5.56 Å². The maximum absolute atomic E-state index is 11.0. The van der Waals surface area contributed by atoms with E-state index in [1.807, 2.05) is 24.3 Å². The molecule has 0 radical (unpaired) electrons. The molecule has 0 fully saturated rings. The molecule has 0 aliphatic heterocycles. The molecule has 0 atom stereocenters. The molecule has 4 N–H and O–H groups in total. The number of nitrogens with zero attached hydrogens (tertiary/aromatic N) is 3. The maximum atomic E-state index is 11.0. The molecule has 1 aromatic carbocycles. The standard InChI is InChI=1S/C12H11N5O/c1-2-8-5-3-4-6-9(8)7-17-11(13)10(12(14)18)15-16-17/h1,3-6H,7,13H2,(H2,14,18). The van der Waals surface area contributed by atoms with Gasteiger partial charge in [-0.1, -0.05) is 29.3 Å². The lowest BCUT2D eigenvalue weighted by atomic mass is 10.1. The van der Waals surface area contributed by atoms with Gasteiger partial charge in [-0.2, -0.15) is 0 Å². The van der Waals surface area contributed by atoms with Crippen LogP contribution in [0.2, 0.25) is 0 Å². The molecule has 1 aromatic heterocycles. The monoisotopic (exact) mass is 241 g/mol. The number of anilines is 1. The van der Waals surface area contributed by atoms with Gasteiger partial charge in [-0.15, -0.1) is 11.5 Å². The van der Waals surface area contributed by atoms with Crippen molar-refractivity contribution in [2.45, 2.75) is 6.54 Å². The van der Waals surface area contributed by atoms with E-state index in [9.17, 15) is 4.79 Å². The third-order valence-corrected chi connectivity index (χ3v) is 2.50. The van der Waals surface area contributed by atoms with Crippen LogP contribution < -0.4 is 11.5 Å². The number of amides is 1. The Balaban J connectivity index is 2.35. The van der Waals surface area contributed by atoms with Gasteiger partial charge >= 0.3 is 0 Å². The van der Waals surface area contributed by atoms with Gasteiger partial charge in [0.05, 0.1) is 6.54 Å². The highest BCUT2D eigenvalue weighted by Gasteiger charge is 2.14. The molecule has 90 valence electrons. The largest absolute Gasteiger partial charge is 0.382 e. The fraction of sp³-hybridized carbons (Fsp3) is 0.0833. The van der Waals surface area contributed by atoms with Crippen molar-refractivity contribution >= 4 is 11.7 Å². The Morgan fingerprint density at radius 2 is 2.17 bits per heavy atom. The van der Waals surface area contributed by atoms with Crippen LogP contribution in [0.25, 0.3) is 0 Å². The van der Waals surface area contributed by atoms with Crippen molar-refractivity contribution in [1.82, 2.24) is 15.0 Å². The molecule has 0 bridgehead atoms. The second kappa shape index (κ2) is 4.59. The van der Waals surface area contributed by atoms with Crippen molar-refractivity contribution in [1.29, 1.82) is 0 Å². The molecule has 0 unspecified atom stereocenters. The molecule has 2 aromatic rings. The van der Waals surface area contributed by atoms with Gasteiger partial charge in [0.2, 0.25) is 0 Å². The first kappa shape index (κ1) is 11.7. The SMILES string of the molecule is C#Cc1ccccc1Cn1nnc(C(N)=O)c1N. The maximum Gasteiger partial charge on any atom is 0.273 e. The van der Waals surface area contributed by atoms with E-state index in [2.05, 4.69) is 16.2 Å². The van der Waals surface area contributed by atoms with E-state index < -0.39 is 5.91 Å². The van der Waals surface area contributed by atoms with E-state index in [4.69, 9.17) is 17.9 Å². The molecule has 18 heavy (non-hydrogen) atoms. The fourth-order valence-corrected chi connectivity index (χ4v) is 1.57. The number of carbonyl (C=O) groups is 1. The molecule has 0 saturated heterocycles. The number of nitrogen functional groups attached to an aromatic ring is 1. The summed E-state index contributed by atoms with van der Waals surface area (Å²) in [6.07, 6.45) is 5.40. The van der Waals surface area contributed by atoms with Crippen LogP contribution in [0.3, 0.4) is 0 Å². The highest BCUT2D eigenvalue weighted by atomic mass is 16.1. The molecule has 0 aliphatic rings. The molecule has 0 spiro atoms. The van der Waals surface area contributed by atoms with Crippen molar-refractivity contribution in [3.63, 3.8) is 0 Å². The molecule has 6 heteroatoms. The average Bonchev–Trinajstić information content (AvgIpc) is 2.72. The van der Waals surface area contributed by atoms with Crippen LogP contribution in [0, 0.1) is 12.3 Å². The van der Waals surface area contributed by atoms with Crippen molar-refractivity contribution in [3.05, 3.63) is 41.1 Å². The number of primary amides is 1. The zero-order valence-electron chi connectivity index (χ0n) is 9.50. The lowest BCUT2D eigenvalue weighted by Gasteiger charge is -2.05. The van der Waals surface area contributed by atoms with E-state index in [1.54, 1.807) is 0 Å². The summed E-state index contributed by atoms with van der Waals surface area (Å²) in [6.45, 7) is 0.340. The summed E-state index contributed by atoms with van der Waals surface area (Å²) in [4.78, 5) is 11.0. The van der Waals surface area contributed by atoms with Crippen LogP contribution in [-0.2, 0) is 6.54 Å². The predicted molar refractivity (Wildman–Crippen MR) is 66.4 cm³/mol. The molecule has 1 amide bonds. The van der Waals surface area contributed by atoms with E-state index in [0.29, 0.717) is 6.54 Å². The number of carbonyl (C=O) groups excluding carboxylic acids is 1. The normalized spacial score (nSPS) is 9.94. The second-order valence-corrected chi connectivity index (χ2v) is 3.65. The molecule has 0 saturated carbocycles. The number of hydrogen-bond donors (Lipinski definition) is 2. The quantitative estimate of drug-likeness (QED) is 0.738. The first-order valence-corrected chi connectivity index (χ1v) is 5.16. The Kier molecular flexibility index (Phi) is 2.98. The zero-order chi connectivity index (χ0) is 13.1. The summed E-state index contributed by atoms with van der Waals surface area (Å²) in [6, 6.07) is 7.38. The minimum Gasteiger partial charge on any atom is -0.382 e. The summed E-state index contributed by atoms with van der Waals surface area (Å²) < 4.78 is 1.39. The first-order valence-electron chi connectivity index (χ1n) is 5.16. The van der Waals surface area contributed by atoms with Crippen LogP contribution >= 0.6 is 0 Å². The van der Waals surface area contributed by atoms with Gasteiger partial charge in [-0.25, -0.2) is 4.68 Å². The molecule has 0 aliphatic carbocycles. The van der Waals surface area contributed by atoms with E-state index in [0.717, 1.165) is 11.1 Å². The van der Waals surface area contributed by atoms with Gasteiger partial charge in [0.25, 0.3) is 5.91 Å². The Hall–Kier alpha value is -2.81. The molecular formula is C12H11N5O. The smallest absolute Gasteiger partial charge is 0.273 e. The second-order valence-electron chi connectivity index (χ2n) is 3.65. The summed E-state index contributed by atoms with van der Waals surface area (Å²) in [5.41, 5.74) is 12.4. The first-order chi connectivity index (χ1) is 8.63. The van der Waals surface area contributed by atoms with Crippen LogP contribution in [-0.4, -0.2) is 20.9 Å². The van der Waals surface area contributed by atoms with Crippen molar-refractivity contribution < 1.29 is 4.79 Å². The lowest BCUT2D eigenvalue weighted by molar-refractivity contribution is 0.0996. The van der Waals surface area contributed by atoms with Gasteiger partial charge in [-0.05, 0) is 11.6 Å². The minimum absolute atomic E-state index is 0.0341. The summed E-state index contributed by atoms with van der Waals surface area (Å²) in [5.74, 6) is 2.00. The summed E-state index contributed by atoms with van der Waals surface area (Å²) in [5, 5.41) is 7.41. The highest BCUT2D eigenvalue weighted by Crippen LogP contribution is 2.13. The number of nitrogens with two attached hydrogens (primary N) is 2. The molecular weight excluding hydrogens is 230 g/mol. The van der Waals surface area contributed by atoms with Gasteiger partial charge < -0.3 is 11.5 Å². The third kappa shape index (κ3) is 2.01. The lowest BCUT2D eigenvalue weighted by Crippen LogP contribution is -2.15. The minimum atomic E-state index is -0.705. The van der Waals surface area contributed by atoms with Crippen LogP contribution in [0.5, 0.6) is 0 Å². The van der Waals surface area contributed by atoms with Gasteiger partial charge in [0.15, 0.2) is 11.5 Å². The topological polar surface area (TPSA) is 99.8 Å². The third-order valence-electron chi connectivity index (χ3n) is 2.50. The van der Waals surface area contributed by atoms with Crippen LogP contribution in [0.4, 0.5) is 5.82 Å². The van der Waals surface area contributed by atoms with Crippen molar-refractivity contribution in [2.24, 2.45) is 5.73 Å².